The summed E-state index contributed by atoms with van der Waals surface area (Å²) in [4.78, 5) is 22.2. The van der Waals surface area contributed by atoms with Gasteiger partial charge < -0.3 is 9.47 Å². The molecule has 0 amide bonds. The Labute approximate surface area is 164 Å². The van der Waals surface area contributed by atoms with Crippen molar-refractivity contribution in [2.45, 2.75) is 6.54 Å². The normalized spacial score (nSPS) is 16.1. The molecule has 0 atom stereocenters. The van der Waals surface area contributed by atoms with Crippen LogP contribution in [-0.4, -0.2) is 64.9 Å². The van der Waals surface area contributed by atoms with Crippen LogP contribution in [0.4, 0.5) is 0 Å². The molecule has 2 heterocycles. The summed E-state index contributed by atoms with van der Waals surface area (Å²) in [7, 11) is 2.11. The van der Waals surface area contributed by atoms with Gasteiger partial charge in [0, 0.05) is 31.2 Å². The fraction of sp³-hybridized carbons (Fsp3) is 0.333. The van der Waals surface area contributed by atoms with Crippen LogP contribution in [0.5, 0.6) is 0 Å². The molecule has 0 saturated carbocycles. The number of likely N-dealkylation sites (N-methyl/N-ethyl adjacent to an activating group) is 1. The summed E-state index contributed by atoms with van der Waals surface area (Å²) in [6.07, 6.45) is 0. The van der Waals surface area contributed by atoms with Crippen molar-refractivity contribution in [3.63, 3.8) is 0 Å². The van der Waals surface area contributed by atoms with Crippen molar-refractivity contribution >= 4 is 28.4 Å². The van der Waals surface area contributed by atoms with Crippen molar-refractivity contribution in [2.75, 3.05) is 39.8 Å². The highest BCUT2D eigenvalue weighted by Gasteiger charge is 2.22. The Morgan fingerprint density at radius 2 is 1.74 bits per heavy atom. The monoisotopic (exact) mass is 382 g/mol. The Kier molecular flexibility index (Phi) is 5.25. The maximum Gasteiger partial charge on any atom is 0.212 e. The minimum Gasteiger partial charge on any atom is -0.317 e. The lowest BCUT2D eigenvalue weighted by Crippen LogP contribution is -2.46. The zero-order valence-electron chi connectivity index (χ0n) is 15.4. The number of hydrogen-bond acceptors (Lipinski definition) is 4. The van der Waals surface area contributed by atoms with Gasteiger partial charge in [0.2, 0.25) is 5.78 Å². The van der Waals surface area contributed by atoms with Gasteiger partial charge in [0.25, 0.3) is 0 Å². The molecular weight excluding hydrogens is 360 g/mol. The summed E-state index contributed by atoms with van der Waals surface area (Å²) < 4.78 is 1.99. The summed E-state index contributed by atoms with van der Waals surface area (Å²) >= 11 is 6.36. The van der Waals surface area contributed by atoms with Gasteiger partial charge in [-0.25, -0.2) is 4.98 Å². The van der Waals surface area contributed by atoms with Crippen molar-refractivity contribution in [3.8, 4) is 0 Å². The Bertz CT molecular complexity index is 960. The summed E-state index contributed by atoms with van der Waals surface area (Å²) in [6, 6.07) is 15.6. The summed E-state index contributed by atoms with van der Waals surface area (Å²) in [5.74, 6) is 0.567. The number of para-hydroxylation sites is 2. The molecule has 0 aliphatic carbocycles. The van der Waals surface area contributed by atoms with Crippen molar-refractivity contribution in [2.24, 2.45) is 0 Å². The number of hydrogen-bond donors (Lipinski definition) is 0. The van der Waals surface area contributed by atoms with E-state index in [1.54, 1.807) is 0 Å². The molecule has 0 radical (unpaired) electrons. The molecule has 5 nitrogen and oxygen atoms in total. The van der Waals surface area contributed by atoms with E-state index in [0.29, 0.717) is 23.9 Å². The molecule has 140 valence electrons. The molecule has 6 heteroatoms. The molecule has 0 spiro atoms. The molecule has 3 aromatic rings. The molecule has 1 fully saturated rings. The molecule has 0 N–H and O–H groups in total. The molecule has 0 unspecified atom stereocenters. The number of nitrogens with zero attached hydrogens (tertiary/aromatic N) is 4. The van der Waals surface area contributed by atoms with E-state index in [2.05, 4.69) is 21.8 Å². The topological polar surface area (TPSA) is 41.4 Å². The highest BCUT2D eigenvalue weighted by atomic mass is 35.5. The number of piperazine rings is 1. The average Bonchev–Trinajstić information content (AvgIpc) is 3.04. The van der Waals surface area contributed by atoms with E-state index in [9.17, 15) is 4.79 Å². The fourth-order valence-electron chi connectivity index (χ4n) is 3.53. The van der Waals surface area contributed by atoms with E-state index in [-0.39, 0.29) is 5.78 Å². The highest BCUT2D eigenvalue weighted by molar-refractivity contribution is 6.31. The van der Waals surface area contributed by atoms with Crippen molar-refractivity contribution in [1.29, 1.82) is 0 Å². The van der Waals surface area contributed by atoms with E-state index in [0.717, 1.165) is 42.8 Å². The van der Waals surface area contributed by atoms with Crippen LogP contribution in [0, 0.1) is 0 Å². The van der Waals surface area contributed by atoms with Gasteiger partial charge in [-0.15, -0.1) is 0 Å². The number of fused-ring (bicyclic) bond motifs is 1. The lowest BCUT2D eigenvalue weighted by molar-refractivity contribution is 0.0863. The first-order valence-electron chi connectivity index (χ1n) is 9.24. The van der Waals surface area contributed by atoms with Gasteiger partial charge in [0.15, 0.2) is 5.82 Å². The Balaban J connectivity index is 1.65. The number of halogens is 1. The maximum atomic E-state index is 13.1. The van der Waals surface area contributed by atoms with Gasteiger partial charge in [-0.3, -0.25) is 9.69 Å². The van der Waals surface area contributed by atoms with E-state index < -0.39 is 0 Å². The van der Waals surface area contributed by atoms with Crippen LogP contribution in [0.25, 0.3) is 11.0 Å². The van der Waals surface area contributed by atoms with Crippen molar-refractivity contribution < 1.29 is 4.79 Å². The third-order valence-corrected chi connectivity index (χ3v) is 5.52. The largest absolute Gasteiger partial charge is 0.317 e. The summed E-state index contributed by atoms with van der Waals surface area (Å²) in [5, 5.41) is 0.702. The standard InChI is InChI=1S/C21H23ClN4O/c1-24-10-12-25(13-11-24)15-20(27)21-23-18-8-4-5-9-19(18)26(21)14-16-6-2-3-7-17(16)22/h2-9H,10-15H2,1H3. The second-order valence-electron chi connectivity index (χ2n) is 7.10. The fourth-order valence-corrected chi connectivity index (χ4v) is 3.72. The zero-order chi connectivity index (χ0) is 18.8. The van der Waals surface area contributed by atoms with Crippen molar-refractivity contribution in [3.05, 3.63) is 64.9 Å². The second kappa shape index (κ2) is 7.80. The smallest absolute Gasteiger partial charge is 0.212 e. The number of benzene rings is 2. The molecule has 0 bridgehead atoms. The number of ketones is 1. The third-order valence-electron chi connectivity index (χ3n) is 5.15. The average molecular weight is 383 g/mol. The number of rotatable bonds is 5. The molecule has 27 heavy (non-hydrogen) atoms. The molecule has 2 aromatic carbocycles. The van der Waals surface area contributed by atoms with Crippen LogP contribution < -0.4 is 0 Å². The van der Waals surface area contributed by atoms with Crippen LogP contribution in [0.2, 0.25) is 5.02 Å². The van der Waals surface area contributed by atoms with Crippen LogP contribution in [0.1, 0.15) is 16.2 Å². The van der Waals surface area contributed by atoms with Crippen LogP contribution in [-0.2, 0) is 6.54 Å². The van der Waals surface area contributed by atoms with Gasteiger partial charge in [0.1, 0.15) is 0 Å². The minimum absolute atomic E-state index is 0.0582. The molecule has 1 aromatic heterocycles. The second-order valence-corrected chi connectivity index (χ2v) is 7.51. The number of carbonyl (C=O) groups excluding carboxylic acids is 1. The first kappa shape index (κ1) is 18.2. The van der Waals surface area contributed by atoms with Crippen molar-refractivity contribution in [1.82, 2.24) is 19.4 Å². The predicted octanol–water partition coefficient (Wildman–Crippen LogP) is 3.17. The highest BCUT2D eigenvalue weighted by Crippen LogP contribution is 2.22. The van der Waals surface area contributed by atoms with Gasteiger partial charge >= 0.3 is 0 Å². The van der Waals surface area contributed by atoms with Crippen LogP contribution in [0.3, 0.4) is 0 Å². The Morgan fingerprint density at radius 1 is 1.04 bits per heavy atom. The molecule has 4 rings (SSSR count). The Morgan fingerprint density at radius 3 is 2.52 bits per heavy atom. The predicted molar refractivity (Wildman–Crippen MR) is 109 cm³/mol. The third kappa shape index (κ3) is 3.90. The van der Waals surface area contributed by atoms with E-state index in [4.69, 9.17) is 11.6 Å². The van der Waals surface area contributed by atoms with Crippen LogP contribution in [0.15, 0.2) is 48.5 Å². The van der Waals surface area contributed by atoms with Gasteiger partial charge in [-0.1, -0.05) is 41.9 Å². The van der Waals surface area contributed by atoms with E-state index >= 15 is 0 Å². The quantitative estimate of drug-likeness (QED) is 0.635. The lowest BCUT2D eigenvalue weighted by atomic mass is 10.2. The molecule has 1 saturated heterocycles. The molecule has 1 aliphatic rings. The Hall–Kier alpha value is -2.21. The first-order chi connectivity index (χ1) is 13.1. The summed E-state index contributed by atoms with van der Waals surface area (Å²) in [6.45, 7) is 4.73. The van der Waals surface area contributed by atoms with Crippen LogP contribution >= 0.6 is 11.6 Å². The van der Waals surface area contributed by atoms with E-state index in [1.165, 1.54) is 0 Å². The molecule has 1 aliphatic heterocycles. The maximum absolute atomic E-state index is 13.1. The van der Waals surface area contributed by atoms with Gasteiger partial charge in [0.05, 0.1) is 24.1 Å². The number of carbonyl (C=O) groups is 1. The van der Waals surface area contributed by atoms with Gasteiger partial charge in [-0.2, -0.15) is 0 Å². The number of Topliss-reactive ketones (excluding diaryl/α,β-unsaturated/α-hetero) is 1. The summed E-state index contributed by atoms with van der Waals surface area (Å²) in [5.41, 5.74) is 2.78. The lowest BCUT2D eigenvalue weighted by Gasteiger charge is -2.31. The first-order valence-corrected chi connectivity index (χ1v) is 9.62. The SMILES string of the molecule is CN1CCN(CC(=O)c2nc3ccccc3n2Cc2ccccc2Cl)CC1. The van der Waals surface area contributed by atoms with E-state index in [1.807, 2.05) is 53.1 Å². The van der Waals surface area contributed by atoms with Gasteiger partial charge in [-0.05, 0) is 30.8 Å². The number of imidazole rings is 1. The minimum atomic E-state index is 0.0582. The number of aromatic nitrogens is 2. The molecular formula is C21H23ClN4O. The zero-order valence-corrected chi connectivity index (χ0v) is 16.2.